The van der Waals surface area contributed by atoms with Crippen LogP contribution in [0.1, 0.15) is 25.7 Å². The van der Waals surface area contributed by atoms with E-state index in [0.717, 1.165) is 12.5 Å². The molecule has 0 radical (unpaired) electrons. The van der Waals surface area contributed by atoms with Crippen LogP contribution in [0, 0.1) is 18.8 Å². The van der Waals surface area contributed by atoms with Crippen LogP contribution in [-0.2, 0) is 4.43 Å². The summed E-state index contributed by atoms with van der Waals surface area (Å²) >= 11 is 0. The first-order valence-corrected chi connectivity index (χ1v) is 8.85. The van der Waals surface area contributed by atoms with E-state index in [9.17, 15) is 0 Å². The second kappa shape index (κ2) is 6.38. The van der Waals surface area contributed by atoms with Crippen LogP contribution in [0.5, 0.6) is 0 Å². The Labute approximate surface area is 102 Å². The second-order valence-corrected chi connectivity index (χ2v) is 9.82. The van der Waals surface area contributed by atoms with E-state index < -0.39 is 8.32 Å². The third-order valence-corrected chi connectivity index (χ3v) is 3.75. The van der Waals surface area contributed by atoms with Crippen LogP contribution in [0.4, 0.5) is 0 Å². The molecule has 0 unspecified atom stereocenters. The quantitative estimate of drug-likeness (QED) is 0.482. The number of hydrogen-bond acceptors (Lipinski definition) is 1. The van der Waals surface area contributed by atoms with Gasteiger partial charge in [0.25, 0.3) is 0 Å². The molecule has 14 heavy (non-hydrogen) atoms. The Morgan fingerprint density at radius 1 is 1.14 bits per heavy atom. The molecule has 0 aromatic carbocycles. The molecule has 3 heteroatoms. The Bertz CT molecular complexity index is 148. The molecule has 0 saturated heterocycles. The van der Waals surface area contributed by atoms with Gasteiger partial charge in [0, 0.05) is 6.61 Å². The minimum absolute atomic E-state index is 0. The van der Waals surface area contributed by atoms with Gasteiger partial charge in [0.1, 0.15) is 0 Å². The van der Waals surface area contributed by atoms with Crippen molar-refractivity contribution in [1.82, 2.24) is 0 Å². The van der Waals surface area contributed by atoms with Crippen molar-refractivity contribution in [3.05, 3.63) is 6.92 Å². The molecule has 78 valence electrons. The molecule has 1 aliphatic carbocycles. The molecule has 1 fully saturated rings. The van der Waals surface area contributed by atoms with Crippen LogP contribution in [0.2, 0.25) is 19.6 Å². The Hall–Kier alpha value is 0.774. The summed E-state index contributed by atoms with van der Waals surface area (Å²) in [6, 6.07) is 0. The summed E-state index contributed by atoms with van der Waals surface area (Å²) in [6.07, 6.45) is 5.27. The van der Waals surface area contributed by atoms with Gasteiger partial charge >= 0.3 is 18.9 Å². The van der Waals surface area contributed by atoms with E-state index in [0.29, 0.717) is 5.92 Å². The van der Waals surface area contributed by atoms with Gasteiger partial charge in [-0.1, -0.05) is 25.7 Å². The number of hydrogen-bond donors (Lipinski definition) is 0. The summed E-state index contributed by atoms with van der Waals surface area (Å²) in [5.41, 5.74) is 0. The van der Waals surface area contributed by atoms with Gasteiger partial charge in [-0.2, -0.15) is 5.92 Å². The maximum atomic E-state index is 5.92. The van der Waals surface area contributed by atoms with Crippen molar-refractivity contribution in [2.75, 3.05) is 6.61 Å². The van der Waals surface area contributed by atoms with Crippen molar-refractivity contribution in [2.24, 2.45) is 11.8 Å². The molecule has 1 saturated carbocycles. The molecule has 1 nitrogen and oxygen atoms in total. The predicted octanol–water partition coefficient (Wildman–Crippen LogP) is 0.482. The maximum absolute atomic E-state index is 5.92. The molecule has 0 amide bonds. The Morgan fingerprint density at radius 3 is 2.07 bits per heavy atom. The van der Waals surface area contributed by atoms with E-state index in [4.69, 9.17) is 4.43 Å². The minimum Gasteiger partial charge on any atom is -0.417 e. The summed E-state index contributed by atoms with van der Waals surface area (Å²) in [4.78, 5) is 0. The van der Waals surface area contributed by atoms with E-state index in [2.05, 4.69) is 26.6 Å². The fourth-order valence-corrected chi connectivity index (χ4v) is 2.50. The molecule has 0 atom stereocenters. The summed E-state index contributed by atoms with van der Waals surface area (Å²) < 4.78 is 5.92. The summed E-state index contributed by atoms with van der Waals surface area (Å²) in [6.45, 7) is 11.9. The van der Waals surface area contributed by atoms with Crippen molar-refractivity contribution in [3.63, 3.8) is 0 Å². The van der Waals surface area contributed by atoms with Gasteiger partial charge in [0.15, 0.2) is 8.32 Å². The zero-order chi connectivity index (χ0) is 9.90. The Balaban J connectivity index is 0.00000169. The molecule has 1 aliphatic rings. The molecule has 0 spiro atoms. The van der Waals surface area contributed by atoms with Gasteiger partial charge in [-0.3, -0.25) is 0 Å². The van der Waals surface area contributed by atoms with Crippen LogP contribution in [0.15, 0.2) is 0 Å². The molecule has 1 rings (SSSR count). The van der Waals surface area contributed by atoms with Crippen LogP contribution in [0.25, 0.3) is 0 Å². The largest absolute Gasteiger partial charge is 1.00 e. The van der Waals surface area contributed by atoms with Crippen LogP contribution in [-0.4, -0.2) is 14.9 Å². The first-order chi connectivity index (χ1) is 5.97. The van der Waals surface area contributed by atoms with Gasteiger partial charge in [0.2, 0.25) is 0 Å². The number of rotatable bonds is 3. The summed E-state index contributed by atoms with van der Waals surface area (Å²) in [5.74, 6) is 1.54. The van der Waals surface area contributed by atoms with E-state index in [-0.39, 0.29) is 18.9 Å². The fourth-order valence-electron chi connectivity index (χ4n) is 1.77. The third kappa shape index (κ3) is 6.29. The molecule has 0 aliphatic heterocycles. The van der Waals surface area contributed by atoms with Gasteiger partial charge in [-0.05, 0) is 25.6 Å². The molecular formula is C11H23LiOSi. The zero-order valence-electron chi connectivity index (χ0n) is 10.3. The average molecular weight is 206 g/mol. The van der Waals surface area contributed by atoms with E-state index in [1.54, 1.807) is 0 Å². The minimum atomic E-state index is -1.27. The SMILES string of the molecule is [CH2-]C1CCC(CO[Si](C)(C)C)CC1.[Li+]. The topological polar surface area (TPSA) is 9.23 Å². The molecule has 0 aromatic rings. The van der Waals surface area contributed by atoms with Gasteiger partial charge in [0.05, 0.1) is 0 Å². The first-order valence-electron chi connectivity index (χ1n) is 5.44. The Kier molecular flexibility index (Phi) is 6.73. The van der Waals surface area contributed by atoms with Crippen LogP contribution >= 0.6 is 0 Å². The van der Waals surface area contributed by atoms with Crippen molar-refractivity contribution in [1.29, 1.82) is 0 Å². The maximum Gasteiger partial charge on any atom is 1.00 e. The second-order valence-electron chi connectivity index (χ2n) is 5.31. The van der Waals surface area contributed by atoms with Crippen LogP contribution < -0.4 is 18.9 Å². The zero-order valence-corrected chi connectivity index (χ0v) is 11.3. The smallest absolute Gasteiger partial charge is 0.417 e. The average Bonchev–Trinajstić information content (AvgIpc) is 2.02. The normalized spacial score (nSPS) is 28.3. The summed E-state index contributed by atoms with van der Waals surface area (Å²) in [7, 11) is -1.27. The van der Waals surface area contributed by atoms with Crippen molar-refractivity contribution < 1.29 is 23.3 Å². The molecule has 0 bridgehead atoms. The molecule has 0 heterocycles. The van der Waals surface area contributed by atoms with Crippen molar-refractivity contribution in [2.45, 2.75) is 45.3 Å². The van der Waals surface area contributed by atoms with Crippen molar-refractivity contribution >= 4 is 8.32 Å². The molecule has 0 N–H and O–H groups in total. The molecule has 0 aromatic heterocycles. The van der Waals surface area contributed by atoms with Gasteiger partial charge in [-0.15, -0.1) is 0 Å². The first kappa shape index (κ1) is 14.8. The predicted molar refractivity (Wildman–Crippen MR) is 60.1 cm³/mol. The fraction of sp³-hybridized carbons (Fsp3) is 0.909. The van der Waals surface area contributed by atoms with E-state index in [1.165, 1.54) is 25.7 Å². The van der Waals surface area contributed by atoms with Crippen molar-refractivity contribution in [3.8, 4) is 0 Å². The van der Waals surface area contributed by atoms with Gasteiger partial charge < -0.3 is 11.3 Å². The third-order valence-electron chi connectivity index (χ3n) is 2.72. The van der Waals surface area contributed by atoms with E-state index >= 15 is 0 Å². The molecular weight excluding hydrogens is 183 g/mol. The standard InChI is InChI=1S/C11H23OSi.Li/c1-10-5-7-11(8-6-10)9-12-13(2,3)4;/h10-11H,1,5-9H2,2-4H3;/q-1;+1. The Morgan fingerprint density at radius 2 is 1.64 bits per heavy atom. The van der Waals surface area contributed by atoms with Crippen LogP contribution in [0.3, 0.4) is 0 Å². The van der Waals surface area contributed by atoms with Gasteiger partial charge in [-0.25, -0.2) is 0 Å². The monoisotopic (exact) mass is 206 g/mol. The summed E-state index contributed by atoms with van der Waals surface area (Å²) in [5, 5.41) is 0. The van der Waals surface area contributed by atoms with E-state index in [1.807, 2.05) is 0 Å².